The maximum absolute atomic E-state index is 10.5. The summed E-state index contributed by atoms with van der Waals surface area (Å²) < 4.78 is 5.81. The van der Waals surface area contributed by atoms with Gasteiger partial charge in [-0.2, -0.15) is 0 Å². The molecule has 1 aliphatic carbocycles. The van der Waals surface area contributed by atoms with Gasteiger partial charge in [-0.25, -0.2) is 0 Å². The summed E-state index contributed by atoms with van der Waals surface area (Å²) in [4.78, 5) is 0. The fourth-order valence-corrected chi connectivity index (χ4v) is 3.08. The Morgan fingerprint density at radius 2 is 1.67 bits per heavy atom. The van der Waals surface area contributed by atoms with Crippen molar-refractivity contribution in [2.24, 2.45) is 11.7 Å². The monoisotopic (exact) mass is 291 g/mol. The van der Waals surface area contributed by atoms with E-state index in [1.54, 1.807) is 0 Å². The average molecular weight is 291 g/mol. The Kier molecular flexibility index (Phi) is 5.28. The van der Waals surface area contributed by atoms with E-state index in [1.165, 1.54) is 19.3 Å². The molecule has 1 saturated carbocycles. The summed E-state index contributed by atoms with van der Waals surface area (Å²) in [6.07, 6.45) is 5.47. The predicted octanol–water partition coefficient (Wildman–Crippen LogP) is 3.80. The maximum Gasteiger partial charge on any atom is 0.120 e. The first-order chi connectivity index (χ1) is 9.87. The Labute approximate surface area is 128 Å². The second kappa shape index (κ2) is 6.80. The Hall–Kier alpha value is -1.06. The van der Waals surface area contributed by atoms with Crippen LogP contribution < -0.4 is 10.5 Å². The highest BCUT2D eigenvalue weighted by Crippen LogP contribution is 2.32. The number of hydrogen-bond acceptors (Lipinski definition) is 3. The van der Waals surface area contributed by atoms with Crippen LogP contribution in [-0.4, -0.2) is 16.8 Å². The van der Waals surface area contributed by atoms with Crippen molar-refractivity contribution < 1.29 is 9.84 Å². The van der Waals surface area contributed by atoms with E-state index in [1.807, 2.05) is 45.0 Å². The lowest BCUT2D eigenvalue weighted by molar-refractivity contribution is 0.0617. The summed E-state index contributed by atoms with van der Waals surface area (Å²) in [5.74, 6) is 1.19. The molecular formula is C18H29NO2. The van der Waals surface area contributed by atoms with Gasteiger partial charge in [-0.05, 0) is 57.2 Å². The Bertz CT molecular complexity index is 430. The van der Waals surface area contributed by atoms with Crippen molar-refractivity contribution in [1.29, 1.82) is 0 Å². The van der Waals surface area contributed by atoms with Gasteiger partial charge in [-0.15, -0.1) is 0 Å². The van der Waals surface area contributed by atoms with Crippen LogP contribution in [0, 0.1) is 5.92 Å². The van der Waals surface area contributed by atoms with E-state index in [4.69, 9.17) is 10.5 Å². The number of rotatable bonds is 4. The minimum Gasteiger partial charge on any atom is -0.488 e. The molecule has 2 rings (SSSR count). The van der Waals surface area contributed by atoms with Crippen LogP contribution in [0.5, 0.6) is 5.75 Å². The van der Waals surface area contributed by atoms with E-state index in [-0.39, 0.29) is 11.6 Å². The van der Waals surface area contributed by atoms with Crippen LogP contribution in [0.15, 0.2) is 24.3 Å². The van der Waals surface area contributed by atoms with Crippen molar-refractivity contribution in [2.75, 3.05) is 0 Å². The summed E-state index contributed by atoms with van der Waals surface area (Å²) in [7, 11) is 0. The van der Waals surface area contributed by atoms with Gasteiger partial charge in [-0.3, -0.25) is 0 Å². The normalized spacial score (nSPS) is 20.0. The van der Waals surface area contributed by atoms with Gasteiger partial charge >= 0.3 is 0 Å². The molecule has 2 atom stereocenters. The first kappa shape index (κ1) is 16.3. The van der Waals surface area contributed by atoms with Crippen molar-refractivity contribution in [3.8, 4) is 5.75 Å². The molecule has 0 aliphatic heterocycles. The van der Waals surface area contributed by atoms with Gasteiger partial charge in [0.2, 0.25) is 0 Å². The molecule has 0 amide bonds. The standard InChI is InChI=1S/C18H29NO2/c1-18(2,3)21-15-11-9-13(10-12-15)16(19)17(20)14-7-5-4-6-8-14/h9-12,14,16-17,20H,4-8,19H2,1-3H3/t16-,17+/m0/s1. The highest BCUT2D eigenvalue weighted by Gasteiger charge is 2.27. The molecule has 0 aromatic heterocycles. The third-order valence-corrected chi connectivity index (χ3v) is 4.19. The third kappa shape index (κ3) is 4.72. The summed E-state index contributed by atoms with van der Waals surface area (Å²) in [6, 6.07) is 7.51. The topological polar surface area (TPSA) is 55.5 Å². The molecular weight excluding hydrogens is 262 g/mol. The minimum atomic E-state index is -0.445. The lowest BCUT2D eigenvalue weighted by atomic mass is 9.81. The van der Waals surface area contributed by atoms with Crippen LogP contribution in [0.4, 0.5) is 0 Å². The molecule has 1 aromatic rings. The zero-order valence-electron chi connectivity index (χ0n) is 13.5. The number of benzene rings is 1. The zero-order valence-corrected chi connectivity index (χ0v) is 13.5. The Balaban J connectivity index is 2.00. The second-order valence-electron chi connectivity index (χ2n) is 7.20. The number of ether oxygens (including phenoxy) is 1. The van der Waals surface area contributed by atoms with Crippen molar-refractivity contribution >= 4 is 0 Å². The molecule has 1 fully saturated rings. The minimum absolute atomic E-state index is 0.203. The first-order valence-electron chi connectivity index (χ1n) is 8.09. The molecule has 0 spiro atoms. The van der Waals surface area contributed by atoms with Crippen molar-refractivity contribution in [3.63, 3.8) is 0 Å². The number of nitrogens with two attached hydrogens (primary N) is 1. The Morgan fingerprint density at radius 1 is 1.10 bits per heavy atom. The maximum atomic E-state index is 10.5. The Morgan fingerprint density at radius 3 is 2.19 bits per heavy atom. The molecule has 0 radical (unpaired) electrons. The highest BCUT2D eigenvalue weighted by atomic mass is 16.5. The van der Waals surface area contributed by atoms with Crippen LogP contribution in [-0.2, 0) is 0 Å². The summed E-state index contributed by atoms with van der Waals surface area (Å²) >= 11 is 0. The van der Waals surface area contributed by atoms with E-state index in [0.717, 1.165) is 24.2 Å². The van der Waals surface area contributed by atoms with E-state index >= 15 is 0 Å². The fraction of sp³-hybridized carbons (Fsp3) is 0.667. The van der Waals surface area contributed by atoms with E-state index in [2.05, 4.69) is 0 Å². The summed E-state index contributed by atoms with van der Waals surface area (Å²) in [5, 5.41) is 10.5. The van der Waals surface area contributed by atoms with Crippen LogP contribution in [0.2, 0.25) is 0 Å². The van der Waals surface area contributed by atoms with E-state index in [9.17, 15) is 5.11 Å². The SMILES string of the molecule is CC(C)(C)Oc1ccc([C@H](N)[C@H](O)C2CCCCC2)cc1. The summed E-state index contributed by atoms with van der Waals surface area (Å²) in [5.41, 5.74) is 7.03. The molecule has 3 heteroatoms. The van der Waals surface area contributed by atoms with Gasteiger partial charge < -0.3 is 15.6 Å². The largest absolute Gasteiger partial charge is 0.488 e. The molecule has 3 N–H and O–H groups in total. The average Bonchev–Trinajstić information content (AvgIpc) is 2.46. The van der Waals surface area contributed by atoms with Gasteiger partial charge in [-0.1, -0.05) is 31.4 Å². The van der Waals surface area contributed by atoms with Gasteiger partial charge in [0.1, 0.15) is 11.4 Å². The van der Waals surface area contributed by atoms with Crippen LogP contribution in [0.25, 0.3) is 0 Å². The van der Waals surface area contributed by atoms with Gasteiger partial charge in [0.05, 0.1) is 12.1 Å². The van der Waals surface area contributed by atoms with Crippen molar-refractivity contribution in [2.45, 2.75) is 70.6 Å². The zero-order chi connectivity index (χ0) is 15.5. The van der Waals surface area contributed by atoms with Gasteiger partial charge in [0.15, 0.2) is 0 Å². The molecule has 21 heavy (non-hydrogen) atoms. The molecule has 0 saturated heterocycles. The fourth-order valence-electron chi connectivity index (χ4n) is 3.08. The molecule has 0 bridgehead atoms. The van der Waals surface area contributed by atoms with Crippen LogP contribution in [0.1, 0.15) is 64.5 Å². The van der Waals surface area contributed by atoms with Gasteiger partial charge in [0, 0.05) is 0 Å². The number of aliphatic hydroxyl groups excluding tert-OH is 1. The number of aliphatic hydroxyl groups is 1. The van der Waals surface area contributed by atoms with Crippen LogP contribution >= 0.6 is 0 Å². The predicted molar refractivity (Wildman–Crippen MR) is 86.3 cm³/mol. The smallest absolute Gasteiger partial charge is 0.120 e. The third-order valence-electron chi connectivity index (χ3n) is 4.19. The van der Waals surface area contributed by atoms with E-state index < -0.39 is 6.10 Å². The van der Waals surface area contributed by atoms with Gasteiger partial charge in [0.25, 0.3) is 0 Å². The van der Waals surface area contributed by atoms with Crippen molar-refractivity contribution in [1.82, 2.24) is 0 Å². The lowest BCUT2D eigenvalue weighted by Gasteiger charge is -2.30. The molecule has 1 aromatic carbocycles. The lowest BCUT2D eigenvalue weighted by Crippen LogP contribution is -2.34. The van der Waals surface area contributed by atoms with Crippen molar-refractivity contribution in [3.05, 3.63) is 29.8 Å². The number of hydrogen-bond donors (Lipinski definition) is 2. The molecule has 1 aliphatic rings. The highest BCUT2D eigenvalue weighted by molar-refractivity contribution is 5.30. The van der Waals surface area contributed by atoms with E-state index in [0.29, 0.717) is 5.92 Å². The molecule has 118 valence electrons. The van der Waals surface area contributed by atoms with Crippen LogP contribution in [0.3, 0.4) is 0 Å². The molecule has 0 unspecified atom stereocenters. The summed E-state index contributed by atoms with van der Waals surface area (Å²) in [6.45, 7) is 6.08. The quantitative estimate of drug-likeness (QED) is 0.887. The first-order valence-corrected chi connectivity index (χ1v) is 8.09. The molecule has 3 nitrogen and oxygen atoms in total. The molecule has 0 heterocycles. The second-order valence-corrected chi connectivity index (χ2v) is 7.20.